The molecule has 0 spiro atoms. The zero-order valence-electron chi connectivity index (χ0n) is 15.6. The molecule has 6 nitrogen and oxygen atoms in total. The molecule has 2 heterocycles. The predicted molar refractivity (Wildman–Crippen MR) is 108 cm³/mol. The lowest BCUT2D eigenvalue weighted by molar-refractivity contribution is -0.124. The molecule has 142 valence electrons. The van der Waals surface area contributed by atoms with Gasteiger partial charge in [0.15, 0.2) is 8.29 Å². The lowest BCUT2D eigenvalue weighted by atomic mass is 10.1. The predicted octanol–water partition coefficient (Wildman–Crippen LogP) is 2.67. The second kappa shape index (κ2) is 9.45. The Balaban J connectivity index is 1.78. The normalized spacial score (nSPS) is 17.0. The van der Waals surface area contributed by atoms with Crippen molar-refractivity contribution in [1.82, 2.24) is 24.9 Å². The molecule has 1 aromatic rings. The van der Waals surface area contributed by atoms with E-state index >= 15 is 0 Å². The summed E-state index contributed by atoms with van der Waals surface area (Å²) in [7, 11) is 0. The number of nitrogens with zero attached hydrogens (tertiary/aromatic N) is 4. The Bertz CT molecular complexity index is 614. The lowest BCUT2D eigenvalue weighted by Crippen LogP contribution is -2.51. The number of thioether (sulfide) groups is 1. The van der Waals surface area contributed by atoms with Gasteiger partial charge in [-0.3, -0.25) is 14.6 Å². The molecule has 0 unspecified atom stereocenters. The highest BCUT2D eigenvalue weighted by Gasteiger charge is 2.21. The summed E-state index contributed by atoms with van der Waals surface area (Å²) >= 11 is 8.81. The summed E-state index contributed by atoms with van der Waals surface area (Å²) in [6.07, 6.45) is 1.14. The van der Waals surface area contributed by atoms with Gasteiger partial charge in [0.05, 0.1) is 13.2 Å². The summed E-state index contributed by atoms with van der Waals surface area (Å²) < 4.78 is 3.83. The number of carbonyl (C=O) groups excluding carboxylic acids is 1. The number of hydrogen-bond acceptors (Lipinski definition) is 7. The van der Waals surface area contributed by atoms with E-state index in [1.54, 1.807) is 23.1 Å². The van der Waals surface area contributed by atoms with Crippen LogP contribution < -0.4 is 5.32 Å². The summed E-state index contributed by atoms with van der Waals surface area (Å²) in [4.78, 5) is 16.6. The summed E-state index contributed by atoms with van der Waals surface area (Å²) in [5, 5.41) is 7.65. The van der Waals surface area contributed by atoms with Crippen molar-refractivity contribution < 1.29 is 4.79 Å². The summed E-state index contributed by atoms with van der Waals surface area (Å²) in [6.45, 7) is 13.1. The van der Waals surface area contributed by atoms with Crippen molar-refractivity contribution in [1.29, 1.82) is 0 Å². The van der Waals surface area contributed by atoms with Crippen LogP contribution in [0.3, 0.4) is 0 Å². The van der Waals surface area contributed by atoms with Crippen LogP contribution in [-0.2, 0) is 11.5 Å². The average molecular weight is 404 g/mol. The first kappa shape index (κ1) is 20.8. The summed E-state index contributed by atoms with van der Waals surface area (Å²) in [5.74, 6) is 1.18. The highest BCUT2D eigenvalue weighted by Crippen LogP contribution is 2.22. The molecule has 1 amide bonds. The molecule has 9 heteroatoms. The number of carbonyl (C=O) groups is 1. The molecule has 0 bridgehead atoms. The van der Waals surface area contributed by atoms with Gasteiger partial charge in [0.2, 0.25) is 5.91 Å². The molecule has 0 atom stereocenters. The molecular formula is C16H29N5OS3. The van der Waals surface area contributed by atoms with Gasteiger partial charge in [0.1, 0.15) is 0 Å². The second-order valence-electron chi connectivity index (χ2n) is 7.32. The smallest absolute Gasteiger partial charge is 0.234 e. The van der Waals surface area contributed by atoms with E-state index in [-0.39, 0.29) is 11.4 Å². The highest BCUT2D eigenvalue weighted by molar-refractivity contribution is 8.01. The van der Waals surface area contributed by atoms with Crippen LogP contribution in [0.2, 0.25) is 0 Å². The Morgan fingerprint density at radius 1 is 1.28 bits per heavy atom. The average Bonchev–Trinajstić information content (AvgIpc) is 2.85. The first-order chi connectivity index (χ1) is 11.8. The zero-order chi connectivity index (χ0) is 18.4. The molecule has 2 rings (SSSR count). The van der Waals surface area contributed by atoms with E-state index in [9.17, 15) is 4.79 Å². The molecular weight excluding hydrogens is 374 g/mol. The van der Waals surface area contributed by atoms with E-state index in [0.717, 1.165) is 53.3 Å². The Hall–Kier alpha value is -0.480. The van der Waals surface area contributed by atoms with Crippen molar-refractivity contribution >= 4 is 41.2 Å². The number of hydrogen-bond donors (Lipinski definition) is 1. The van der Waals surface area contributed by atoms with Gasteiger partial charge in [0, 0.05) is 37.5 Å². The first-order valence-corrected chi connectivity index (χ1v) is 10.9. The van der Waals surface area contributed by atoms with Crippen LogP contribution in [0.4, 0.5) is 0 Å². The topological polar surface area (TPSA) is 53.4 Å². The van der Waals surface area contributed by atoms with Gasteiger partial charge in [-0.2, -0.15) is 5.10 Å². The van der Waals surface area contributed by atoms with Crippen molar-refractivity contribution in [2.45, 2.75) is 50.7 Å². The van der Waals surface area contributed by atoms with Crippen LogP contribution in [-0.4, -0.2) is 69.5 Å². The molecule has 1 N–H and O–H groups in total. The fraction of sp³-hybridized carbons (Fsp3) is 0.812. The third kappa shape index (κ3) is 7.34. The fourth-order valence-electron chi connectivity index (χ4n) is 2.56. The van der Waals surface area contributed by atoms with Gasteiger partial charge in [-0.1, -0.05) is 30.0 Å². The largest absolute Gasteiger partial charge is 0.350 e. The van der Waals surface area contributed by atoms with Crippen molar-refractivity contribution in [3.8, 4) is 0 Å². The maximum absolute atomic E-state index is 12.0. The molecule has 1 aliphatic heterocycles. The number of nitrogens with one attached hydrogen (secondary N) is 1. The van der Waals surface area contributed by atoms with Gasteiger partial charge >= 0.3 is 0 Å². The van der Waals surface area contributed by atoms with E-state index in [4.69, 9.17) is 12.2 Å². The van der Waals surface area contributed by atoms with Crippen molar-refractivity contribution in [2.24, 2.45) is 0 Å². The molecule has 0 radical (unpaired) electrons. The third-order valence-electron chi connectivity index (χ3n) is 3.70. The minimum atomic E-state index is -0.173. The minimum absolute atomic E-state index is 0.0975. The molecule has 1 fully saturated rings. The van der Waals surface area contributed by atoms with Crippen LogP contribution in [0, 0.1) is 3.95 Å². The Kier molecular flexibility index (Phi) is 7.88. The maximum Gasteiger partial charge on any atom is 0.234 e. The quantitative estimate of drug-likeness (QED) is 0.558. The molecule has 0 saturated carbocycles. The summed E-state index contributed by atoms with van der Waals surface area (Å²) in [6, 6.07) is 0. The molecule has 25 heavy (non-hydrogen) atoms. The Labute approximate surface area is 164 Å². The van der Waals surface area contributed by atoms with Gasteiger partial charge < -0.3 is 5.32 Å². The minimum Gasteiger partial charge on any atom is -0.350 e. The van der Waals surface area contributed by atoms with E-state index in [1.807, 2.05) is 25.5 Å². The van der Waals surface area contributed by atoms with Gasteiger partial charge in [0.25, 0.3) is 0 Å². The Morgan fingerprint density at radius 3 is 2.52 bits per heavy atom. The van der Waals surface area contributed by atoms with Crippen molar-refractivity contribution in [3.63, 3.8) is 0 Å². The monoisotopic (exact) mass is 403 g/mol. The van der Waals surface area contributed by atoms with Crippen LogP contribution in [0.5, 0.6) is 0 Å². The number of aromatic nitrogens is 2. The SMILES string of the molecule is CCCSc1nn(CN2CCN(CC(=O)NC(C)(C)C)CC2)c(=S)s1. The van der Waals surface area contributed by atoms with Gasteiger partial charge in [-0.25, -0.2) is 4.68 Å². The first-order valence-electron chi connectivity index (χ1n) is 8.73. The van der Waals surface area contributed by atoms with Gasteiger partial charge in [-0.05, 0) is 39.4 Å². The molecule has 0 aromatic carbocycles. The lowest BCUT2D eigenvalue weighted by Gasteiger charge is -2.34. The van der Waals surface area contributed by atoms with Crippen LogP contribution in [0.25, 0.3) is 0 Å². The van der Waals surface area contributed by atoms with E-state index in [2.05, 4.69) is 27.1 Å². The fourth-order valence-corrected chi connectivity index (χ4v) is 4.81. The maximum atomic E-state index is 12.0. The molecule has 1 aliphatic rings. The van der Waals surface area contributed by atoms with Crippen molar-refractivity contribution in [2.75, 3.05) is 38.5 Å². The summed E-state index contributed by atoms with van der Waals surface area (Å²) in [5.41, 5.74) is -0.173. The second-order valence-corrected chi connectivity index (χ2v) is 10.3. The Morgan fingerprint density at radius 2 is 1.92 bits per heavy atom. The highest BCUT2D eigenvalue weighted by atomic mass is 32.2. The molecule has 1 aromatic heterocycles. The molecule has 1 saturated heterocycles. The zero-order valence-corrected chi connectivity index (χ0v) is 18.0. The molecule has 0 aliphatic carbocycles. The van der Waals surface area contributed by atoms with E-state index in [1.165, 1.54) is 0 Å². The van der Waals surface area contributed by atoms with E-state index in [0.29, 0.717) is 6.54 Å². The van der Waals surface area contributed by atoms with E-state index < -0.39 is 0 Å². The number of rotatable bonds is 7. The standard InChI is InChI=1S/C16H29N5OS3/c1-5-10-24-14-18-21(15(23)25-14)12-20-8-6-19(7-9-20)11-13(22)17-16(2,3)4/h5-12H2,1-4H3,(H,17,22). The third-order valence-corrected chi connectivity index (χ3v) is 6.34. The van der Waals surface area contributed by atoms with Gasteiger partial charge in [-0.15, -0.1) is 0 Å². The number of amides is 1. The van der Waals surface area contributed by atoms with Crippen molar-refractivity contribution in [3.05, 3.63) is 3.95 Å². The van der Waals surface area contributed by atoms with Crippen LogP contribution >= 0.6 is 35.3 Å². The van der Waals surface area contributed by atoms with Crippen LogP contribution in [0.15, 0.2) is 4.34 Å². The van der Waals surface area contributed by atoms with Crippen LogP contribution in [0.1, 0.15) is 34.1 Å². The number of piperazine rings is 1.